The third-order valence-electron chi connectivity index (χ3n) is 5.48. The average molecular weight is 452 g/mol. The van der Waals surface area contributed by atoms with E-state index in [9.17, 15) is 14.0 Å². The Balaban J connectivity index is 1.34. The van der Waals surface area contributed by atoms with Crippen LogP contribution < -0.4 is 4.74 Å². The molecule has 0 aliphatic carbocycles. The van der Waals surface area contributed by atoms with Gasteiger partial charge in [0.25, 0.3) is 0 Å². The number of carbonyl (C=O) groups excluding carboxylic acids is 2. The van der Waals surface area contributed by atoms with Gasteiger partial charge in [-0.05, 0) is 38.1 Å². The lowest BCUT2D eigenvalue weighted by Gasteiger charge is -2.32. The molecule has 1 aliphatic heterocycles. The summed E-state index contributed by atoms with van der Waals surface area (Å²) in [6, 6.07) is 13.7. The molecule has 0 spiro atoms. The Kier molecular flexibility index (Phi) is 6.84. The first-order valence-corrected chi connectivity index (χ1v) is 10.7. The van der Waals surface area contributed by atoms with Crippen LogP contribution in [0.5, 0.6) is 5.75 Å². The van der Waals surface area contributed by atoms with E-state index < -0.39 is 5.82 Å². The van der Waals surface area contributed by atoms with Crippen molar-refractivity contribution in [1.82, 2.24) is 9.88 Å². The Labute approximate surface area is 191 Å². The van der Waals surface area contributed by atoms with Crippen LogP contribution in [0.2, 0.25) is 0 Å². The summed E-state index contributed by atoms with van der Waals surface area (Å²) in [5, 5.41) is 0. The molecule has 0 N–H and O–H groups in total. The first-order chi connectivity index (χ1) is 15.9. The Morgan fingerprint density at radius 1 is 1.21 bits per heavy atom. The van der Waals surface area contributed by atoms with E-state index in [1.165, 1.54) is 19.1 Å². The van der Waals surface area contributed by atoms with Crippen LogP contribution >= 0.6 is 0 Å². The molecule has 1 unspecified atom stereocenters. The van der Waals surface area contributed by atoms with Crippen molar-refractivity contribution in [1.29, 1.82) is 0 Å². The van der Waals surface area contributed by atoms with Crippen molar-refractivity contribution in [2.24, 2.45) is 0 Å². The number of amides is 1. The van der Waals surface area contributed by atoms with E-state index in [0.29, 0.717) is 42.8 Å². The second-order valence-electron chi connectivity index (χ2n) is 7.91. The molecule has 0 radical (unpaired) electrons. The number of aromatic nitrogens is 1. The summed E-state index contributed by atoms with van der Waals surface area (Å²) < 4.78 is 31.1. The summed E-state index contributed by atoms with van der Waals surface area (Å²) in [5.74, 6) is 0.368. The van der Waals surface area contributed by atoms with Crippen LogP contribution in [0.25, 0.3) is 11.5 Å². The molecule has 7 nitrogen and oxygen atoms in total. The minimum atomic E-state index is -0.626. The zero-order valence-corrected chi connectivity index (χ0v) is 18.5. The molecule has 1 atom stereocenters. The van der Waals surface area contributed by atoms with Gasteiger partial charge in [-0.3, -0.25) is 9.59 Å². The summed E-state index contributed by atoms with van der Waals surface area (Å²) in [4.78, 5) is 30.5. The maximum absolute atomic E-state index is 14.0. The number of hydrogen-bond acceptors (Lipinski definition) is 6. The van der Waals surface area contributed by atoms with Crippen molar-refractivity contribution >= 4 is 11.7 Å². The number of nitrogens with zero attached hydrogens (tertiary/aromatic N) is 2. The fourth-order valence-corrected chi connectivity index (χ4v) is 3.66. The lowest BCUT2D eigenvalue weighted by atomic mass is 10.1. The molecule has 0 bridgehead atoms. The number of aryl methyl sites for hydroxylation is 1. The SMILES string of the molecule is CC(=O)c1ccc(OCC2CN(C(=O)Cc3nc(-c4ccccc4)oc3C)CCO2)cc1F. The fraction of sp³-hybridized carbons (Fsp3) is 0.320. The van der Waals surface area contributed by atoms with Gasteiger partial charge in [0.2, 0.25) is 11.8 Å². The number of benzene rings is 2. The number of Topliss-reactive ketones (excluding diaryl/α,β-unsaturated/α-hetero) is 1. The molecule has 8 heteroatoms. The van der Waals surface area contributed by atoms with Crippen LogP contribution in [-0.2, 0) is 16.0 Å². The van der Waals surface area contributed by atoms with Gasteiger partial charge in [0.1, 0.15) is 30.0 Å². The van der Waals surface area contributed by atoms with Gasteiger partial charge >= 0.3 is 0 Å². The van der Waals surface area contributed by atoms with Crippen molar-refractivity contribution in [2.45, 2.75) is 26.4 Å². The molecule has 172 valence electrons. The van der Waals surface area contributed by atoms with Crippen molar-refractivity contribution in [3.63, 3.8) is 0 Å². The van der Waals surface area contributed by atoms with Crippen LogP contribution in [0.3, 0.4) is 0 Å². The van der Waals surface area contributed by atoms with Crippen LogP contribution in [0.4, 0.5) is 4.39 Å². The average Bonchev–Trinajstić information content (AvgIpc) is 3.18. The molecule has 3 aromatic rings. The molecular formula is C25H25FN2O5. The normalized spacial score (nSPS) is 16.0. The van der Waals surface area contributed by atoms with E-state index in [1.54, 1.807) is 17.9 Å². The fourth-order valence-electron chi connectivity index (χ4n) is 3.66. The van der Waals surface area contributed by atoms with Gasteiger partial charge < -0.3 is 18.8 Å². The quantitative estimate of drug-likeness (QED) is 0.507. The number of rotatable bonds is 7. The monoisotopic (exact) mass is 452 g/mol. The van der Waals surface area contributed by atoms with Crippen molar-refractivity contribution in [3.8, 4) is 17.2 Å². The Morgan fingerprint density at radius 3 is 2.73 bits per heavy atom. The van der Waals surface area contributed by atoms with Gasteiger partial charge in [0.15, 0.2) is 5.78 Å². The van der Waals surface area contributed by atoms with Crippen LogP contribution in [0.1, 0.15) is 28.7 Å². The maximum atomic E-state index is 14.0. The topological polar surface area (TPSA) is 81.9 Å². The van der Waals surface area contributed by atoms with E-state index in [1.807, 2.05) is 30.3 Å². The minimum Gasteiger partial charge on any atom is -0.491 e. The third kappa shape index (κ3) is 5.46. The highest BCUT2D eigenvalue weighted by molar-refractivity contribution is 5.94. The highest BCUT2D eigenvalue weighted by Crippen LogP contribution is 2.22. The van der Waals surface area contributed by atoms with Crippen LogP contribution in [0.15, 0.2) is 52.9 Å². The van der Waals surface area contributed by atoms with E-state index in [4.69, 9.17) is 13.9 Å². The summed E-state index contributed by atoms with van der Waals surface area (Å²) in [5.41, 5.74) is 1.49. The Morgan fingerprint density at radius 2 is 2.00 bits per heavy atom. The van der Waals surface area contributed by atoms with E-state index in [-0.39, 0.29) is 36.4 Å². The Bertz CT molecular complexity index is 1140. The van der Waals surface area contributed by atoms with Gasteiger partial charge in [-0.25, -0.2) is 9.37 Å². The number of hydrogen-bond donors (Lipinski definition) is 0. The van der Waals surface area contributed by atoms with Gasteiger partial charge in [0.05, 0.1) is 30.8 Å². The van der Waals surface area contributed by atoms with Crippen molar-refractivity contribution in [3.05, 3.63) is 71.4 Å². The molecule has 2 aromatic carbocycles. The van der Waals surface area contributed by atoms with Crippen molar-refractivity contribution in [2.75, 3.05) is 26.3 Å². The van der Waals surface area contributed by atoms with Gasteiger partial charge in [0, 0.05) is 18.2 Å². The predicted octanol–water partition coefficient (Wildman–Crippen LogP) is 3.84. The lowest BCUT2D eigenvalue weighted by molar-refractivity contribution is -0.139. The van der Waals surface area contributed by atoms with Crippen molar-refractivity contribution < 1.29 is 27.9 Å². The number of ether oxygens (including phenoxy) is 2. The first-order valence-electron chi connectivity index (χ1n) is 10.7. The molecule has 1 aliphatic rings. The van der Waals surface area contributed by atoms with Gasteiger partial charge in [-0.15, -0.1) is 0 Å². The molecule has 33 heavy (non-hydrogen) atoms. The highest BCUT2D eigenvalue weighted by atomic mass is 19.1. The third-order valence-corrected chi connectivity index (χ3v) is 5.48. The van der Waals surface area contributed by atoms with E-state index in [0.717, 1.165) is 5.56 Å². The molecule has 1 saturated heterocycles. The summed E-state index contributed by atoms with van der Waals surface area (Å²) in [6.45, 7) is 4.47. The number of ketones is 1. The second kappa shape index (κ2) is 9.95. The standard InChI is InChI=1S/C25H25FN2O5/c1-16(29)21-9-8-19(12-22(21)26)32-15-20-14-28(10-11-31-20)24(30)13-23-17(2)33-25(27-23)18-6-4-3-5-7-18/h3-9,12,20H,10-11,13-15H2,1-2H3. The molecule has 1 fully saturated rings. The van der Waals surface area contributed by atoms with E-state index >= 15 is 0 Å². The molecule has 2 heterocycles. The van der Waals surface area contributed by atoms with Crippen LogP contribution in [0, 0.1) is 12.7 Å². The summed E-state index contributed by atoms with van der Waals surface area (Å²) in [7, 11) is 0. The maximum Gasteiger partial charge on any atom is 0.228 e. The van der Waals surface area contributed by atoms with Gasteiger partial charge in [-0.2, -0.15) is 0 Å². The number of oxazole rings is 1. The van der Waals surface area contributed by atoms with E-state index in [2.05, 4.69) is 4.98 Å². The number of halogens is 1. The highest BCUT2D eigenvalue weighted by Gasteiger charge is 2.26. The molecule has 4 rings (SSSR count). The van der Waals surface area contributed by atoms with Gasteiger partial charge in [-0.1, -0.05) is 18.2 Å². The Hall–Kier alpha value is -3.52. The second-order valence-corrected chi connectivity index (χ2v) is 7.91. The summed E-state index contributed by atoms with van der Waals surface area (Å²) in [6.07, 6.45) is -0.218. The zero-order valence-electron chi connectivity index (χ0n) is 18.5. The molecule has 0 saturated carbocycles. The smallest absolute Gasteiger partial charge is 0.228 e. The molecular weight excluding hydrogens is 427 g/mol. The predicted molar refractivity (Wildman–Crippen MR) is 119 cm³/mol. The molecule has 1 aromatic heterocycles. The van der Waals surface area contributed by atoms with Crippen LogP contribution in [-0.4, -0.2) is 54.0 Å². The first kappa shape index (κ1) is 22.7. The zero-order chi connectivity index (χ0) is 23.4. The number of carbonyl (C=O) groups is 2. The lowest BCUT2D eigenvalue weighted by Crippen LogP contribution is -2.48. The molecule has 1 amide bonds. The number of morpholine rings is 1. The summed E-state index contributed by atoms with van der Waals surface area (Å²) >= 11 is 0. The largest absolute Gasteiger partial charge is 0.491 e. The minimum absolute atomic E-state index is 0.0200.